The fourth-order valence-electron chi connectivity index (χ4n) is 1.47. The van der Waals surface area contributed by atoms with Crippen LogP contribution in [0.3, 0.4) is 0 Å². The first-order chi connectivity index (χ1) is 8.78. The topological polar surface area (TPSA) is 18.5 Å². The lowest BCUT2D eigenvalue weighted by molar-refractivity contribution is 0.248. The Morgan fingerprint density at radius 3 is 2.06 bits per heavy atom. The first-order valence-corrected chi connectivity index (χ1v) is 6.95. The number of benzene rings is 2. The summed E-state index contributed by atoms with van der Waals surface area (Å²) in [5.74, 6) is 2.49. The molecule has 0 amide bonds. The van der Waals surface area contributed by atoms with E-state index in [0.717, 1.165) is 22.6 Å². The maximum absolute atomic E-state index is 5.70. The van der Waals surface area contributed by atoms with Crippen molar-refractivity contribution in [3.63, 3.8) is 0 Å². The molecule has 0 saturated heterocycles. The van der Waals surface area contributed by atoms with Crippen molar-refractivity contribution in [3.8, 4) is 17.2 Å². The summed E-state index contributed by atoms with van der Waals surface area (Å²) in [5.41, 5.74) is 0. The Labute approximate surface area is 116 Å². The van der Waals surface area contributed by atoms with Gasteiger partial charge in [-0.15, -0.1) is 0 Å². The van der Waals surface area contributed by atoms with Crippen molar-refractivity contribution in [3.05, 3.63) is 54.6 Å². The molecule has 2 nitrogen and oxygen atoms in total. The number of halogens is 1. The highest BCUT2D eigenvalue weighted by Crippen LogP contribution is 2.24. The monoisotopic (exact) mass is 306 g/mol. The average Bonchev–Trinajstić information content (AvgIpc) is 2.42. The normalized spacial score (nSPS) is 11.9. The smallest absolute Gasteiger partial charge is 0.127 e. The Bertz CT molecular complexity index is 468. The van der Waals surface area contributed by atoms with Crippen molar-refractivity contribution in [1.29, 1.82) is 0 Å². The van der Waals surface area contributed by atoms with Gasteiger partial charge in [0, 0.05) is 5.33 Å². The zero-order valence-corrected chi connectivity index (χ0v) is 11.8. The fraction of sp³-hybridized carbons (Fsp3) is 0.200. The molecule has 0 aliphatic carbocycles. The first kappa shape index (κ1) is 13.0. The summed E-state index contributed by atoms with van der Waals surface area (Å²) in [4.78, 5) is 0. The number of para-hydroxylation sites is 1. The van der Waals surface area contributed by atoms with E-state index in [1.165, 1.54) is 0 Å². The number of hydrogen-bond acceptors (Lipinski definition) is 2. The Hall–Kier alpha value is -1.48. The SMILES string of the molecule is CC(CBr)Oc1ccc(Oc2ccccc2)cc1. The van der Waals surface area contributed by atoms with Crippen molar-refractivity contribution in [2.24, 2.45) is 0 Å². The highest BCUT2D eigenvalue weighted by atomic mass is 79.9. The Morgan fingerprint density at radius 1 is 0.889 bits per heavy atom. The van der Waals surface area contributed by atoms with Gasteiger partial charge in [-0.3, -0.25) is 0 Å². The van der Waals surface area contributed by atoms with Crippen LogP contribution in [0, 0.1) is 0 Å². The second kappa shape index (κ2) is 6.45. The summed E-state index contributed by atoms with van der Waals surface area (Å²) in [5, 5.41) is 0.815. The van der Waals surface area contributed by atoms with E-state index in [9.17, 15) is 0 Å². The molecule has 0 aliphatic rings. The van der Waals surface area contributed by atoms with Crippen molar-refractivity contribution in [1.82, 2.24) is 0 Å². The molecule has 0 aromatic heterocycles. The molecule has 0 bridgehead atoms. The number of ether oxygens (including phenoxy) is 2. The lowest BCUT2D eigenvalue weighted by atomic mass is 10.3. The predicted molar refractivity (Wildman–Crippen MR) is 76.8 cm³/mol. The van der Waals surface area contributed by atoms with Crippen LogP contribution in [0.4, 0.5) is 0 Å². The molecule has 2 aromatic rings. The molecule has 2 aromatic carbocycles. The standard InChI is InChI=1S/C15H15BrO2/c1-12(11-16)17-14-7-9-15(10-8-14)18-13-5-3-2-4-6-13/h2-10,12H,11H2,1H3. The Kier molecular flexibility index (Phi) is 4.65. The summed E-state index contributed by atoms with van der Waals surface area (Å²) in [6, 6.07) is 17.4. The fourth-order valence-corrected chi connectivity index (χ4v) is 1.61. The van der Waals surface area contributed by atoms with Gasteiger partial charge in [-0.1, -0.05) is 34.1 Å². The average molecular weight is 307 g/mol. The van der Waals surface area contributed by atoms with E-state index in [2.05, 4.69) is 15.9 Å². The van der Waals surface area contributed by atoms with Crippen molar-refractivity contribution < 1.29 is 9.47 Å². The minimum atomic E-state index is 0.158. The second-order valence-corrected chi connectivity index (χ2v) is 4.62. The lowest BCUT2D eigenvalue weighted by Crippen LogP contribution is -2.12. The quantitative estimate of drug-likeness (QED) is 0.749. The third-order valence-corrected chi connectivity index (χ3v) is 3.27. The molecule has 18 heavy (non-hydrogen) atoms. The summed E-state index contributed by atoms with van der Waals surface area (Å²) >= 11 is 3.38. The van der Waals surface area contributed by atoms with Gasteiger partial charge in [0.25, 0.3) is 0 Å². The van der Waals surface area contributed by atoms with E-state index < -0.39 is 0 Å². The van der Waals surface area contributed by atoms with Gasteiger partial charge in [-0.2, -0.15) is 0 Å². The summed E-state index contributed by atoms with van der Waals surface area (Å²) in [6.07, 6.45) is 0.158. The molecular formula is C15H15BrO2. The van der Waals surface area contributed by atoms with Crippen LogP contribution in [0.2, 0.25) is 0 Å². The molecule has 94 valence electrons. The molecule has 0 fully saturated rings. The van der Waals surface area contributed by atoms with E-state index in [0.29, 0.717) is 0 Å². The van der Waals surface area contributed by atoms with Gasteiger partial charge in [0.2, 0.25) is 0 Å². The van der Waals surface area contributed by atoms with E-state index in [1.807, 2.05) is 61.5 Å². The zero-order chi connectivity index (χ0) is 12.8. The van der Waals surface area contributed by atoms with Crippen molar-refractivity contribution in [2.75, 3.05) is 5.33 Å². The number of rotatable bonds is 5. The van der Waals surface area contributed by atoms with E-state index in [4.69, 9.17) is 9.47 Å². The van der Waals surface area contributed by atoms with Gasteiger partial charge in [0.1, 0.15) is 23.4 Å². The highest BCUT2D eigenvalue weighted by Gasteiger charge is 2.02. The van der Waals surface area contributed by atoms with Crippen LogP contribution in [0.5, 0.6) is 17.2 Å². The molecular weight excluding hydrogens is 292 g/mol. The minimum absolute atomic E-state index is 0.158. The van der Waals surface area contributed by atoms with Crippen LogP contribution >= 0.6 is 15.9 Å². The lowest BCUT2D eigenvalue weighted by Gasteiger charge is -2.12. The maximum atomic E-state index is 5.70. The van der Waals surface area contributed by atoms with E-state index in [1.54, 1.807) is 0 Å². The molecule has 1 atom stereocenters. The largest absolute Gasteiger partial charge is 0.490 e. The van der Waals surface area contributed by atoms with Crippen LogP contribution < -0.4 is 9.47 Å². The molecule has 0 aliphatic heterocycles. The van der Waals surface area contributed by atoms with Crippen LogP contribution in [0.15, 0.2) is 54.6 Å². The second-order valence-electron chi connectivity index (χ2n) is 3.97. The van der Waals surface area contributed by atoms with Gasteiger partial charge >= 0.3 is 0 Å². The first-order valence-electron chi connectivity index (χ1n) is 5.83. The molecule has 0 heterocycles. The zero-order valence-electron chi connectivity index (χ0n) is 10.2. The summed E-state index contributed by atoms with van der Waals surface area (Å²) < 4.78 is 11.4. The third kappa shape index (κ3) is 3.77. The highest BCUT2D eigenvalue weighted by molar-refractivity contribution is 9.09. The maximum Gasteiger partial charge on any atom is 0.127 e. The molecule has 0 spiro atoms. The van der Waals surface area contributed by atoms with E-state index >= 15 is 0 Å². The molecule has 0 N–H and O–H groups in total. The molecule has 0 saturated carbocycles. The van der Waals surface area contributed by atoms with Gasteiger partial charge in [-0.25, -0.2) is 0 Å². The number of alkyl halides is 1. The van der Waals surface area contributed by atoms with Crippen LogP contribution in [-0.4, -0.2) is 11.4 Å². The Balaban J connectivity index is 2.00. The van der Waals surface area contributed by atoms with Gasteiger partial charge in [0.05, 0.1) is 0 Å². The summed E-state index contributed by atoms with van der Waals surface area (Å²) in [7, 11) is 0. The van der Waals surface area contributed by atoms with Crippen LogP contribution in [-0.2, 0) is 0 Å². The van der Waals surface area contributed by atoms with Crippen LogP contribution in [0.1, 0.15) is 6.92 Å². The molecule has 0 radical (unpaired) electrons. The van der Waals surface area contributed by atoms with Gasteiger partial charge in [0.15, 0.2) is 0 Å². The molecule has 3 heteroatoms. The van der Waals surface area contributed by atoms with E-state index in [-0.39, 0.29) is 6.10 Å². The minimum Gasteiger partial charge on any atom is -0.490 e. The summed E-state index contributed by atoms with van der Waals surface area (Å²) in [6.45, 7) is 2.02. The molecule has 1 unspecified atom stereocenters. The van der Waals surface area contributed by atoms with Crippen molar-refractivity contribution in [2.45, 2.75) is 13.0 Å². The number of hydrogen-bond donors (Lipinski definition) is 0. The Morgan fingerprint density at radius 2 is 1.44 bits per heavy atom. The van der Waals surface area contributed by atoms with Gasteiger partial charge in [-0.05, 0) is 43.3 Å². The van der Waals surface area contributed by atoms with Gasteiger partial charge < -0.3 is 9.47 Å². The predicted octanol–water partition coefficient (Wildman–Crippen LogP) is 4.64. The van der Waals surface area contributed by atoms with Crippen LogP contribution in [0.25, 0.3) is 0 Å². The third-order valence-electron chi connectivity index (χ3n) is 2.36. The molecule has 2 rings (SSSR count). The van der Waals surface area contributed by atoms with Crippen molar-refractivity contribution >= 4 is 15.9 Å².